The standard InChI is InChI=1S/C10H20O/c1-9(2)5-6-10(3,4)7-8-11/h11H,1,5-8H2,2-4H3. The maximum Gasteiger partial charge on any atom is 0.0436 e. The van der Waals surface area contributed by atoms with E-state index in [1.807, 2.05) is 0 Å². The van der Waals surface area contributed by atoms with Gasteiger partial charge in [-0.05, 0) is 31.6 Å². The largest absolute Gasteiger partial charge is 0.396 e. The second-order valence-corrected chi connectivity index (χ2v) is 4.09. The van der Waals surface area contributed by atoms with E-state index in [0.29, 0.717) is 6.61 Å². The van der Waals surface area contributed by atoms with Gasteiger partial charge in [0.1, 0.15) is 0 Å². The lowest BCUT2D eigenvalue weighted by atomic mass is 9.84. The van der Waals surface area contributed by atoms with Crippen LogP contribution in [0.2, 0.25) is 0 Å². The highest BCUT2D eigenvalue weighted by Crippen LogP contribution is 2.27. The Morgan fingerprint density at radius 2 is 1.91 bits per heavy atom. The molecule has 0 fully saturated rings. The second-order valence-electron chi connectivity index (χ2n) is 4.09. The Kier molecular flexibility index (Phi) is 4.43. The van der Waals surface area contributed by atoms with E-state index >= 15 is 0 Å². The summed E-state index contributed by atoms with van der Waals surface area (Å²) in [4.78, 5) is 0. The quantitative estimate of drug-likeness (QED) is 0.607. The van der Waals surface area contributed by atoms with Gasteiger partial charge in [-0.15, -0.1) is 6.58 Å². The van der Waals surface area contributed by atoms with Crippen molar-refractivity contribution in [2.24, 2.45) is 5.41 Å². The first-order valence-corrected chi connectivity index (χ1v) is 4.23. The summed E-state index contributed by atoms with van der Waals surface area (Å²) in [5.74, 6) is 0. The summed E-state index contributed by atoms with van der Waals surface area (Å²) in [6.07, 6.45) is 3.09. The molecule has 0 aromatic heterocycles. The van der Waals surface area contributed by atoms with Gasteiger partial charge in [0.15, 0.2) is 0 Å². The average Bonchev–Trinajstić information content (AvgIpc) is 1.84. The van der Waals surface area contributed by atoms with Crippen molar-refractivity contribution in [2.45, 2.75) is 40.0 Å². The normalized spacial score (nSPS) is 11.6. The zero-order valence-corrected chi connectivity index (χ0v) is 7.98. The third-order valence-electron chi connectivity index (χ3n) is 2.02. The van der Waals surface area contributed by atoms with Gasteiger partial charge in [-0.1, -0.05) is 19.4 Å². The molecule has 1 N–H and O–H groups in total. The van der Waals surface area contributed by atoms with Gasteiger partial charge in [0.2, 0.25) is 0 Å². The molecule has 0 unspecified atom stereocenters. The van der Waals surface area contributed by atoms with Crippen molar-refractivity contribution >= 4 is 0 Å². The zero-order valence-electron chi connectivity index (χ0n) is 7.98. The van der Waals surface area contributed by atoms with Crippen LogP contribution in [0.5, 0.6) is 0 Å². The number of hydrogen-bond acceptors (Lipinski definition) is 1. The average molecular weight is 156 g/mol. The van der Waals surface area contributed by atoms with E-state index in [4.69, 9.17) is 5.11 Å². The summed E-state index contributed by atoms with van der Waals surface area (Å²) in [6, 6.07) is 0. The van der Waals surface area contributed by atoms with Crippen molar-refractivity contribution in [2.75, 3.05) is 6.61 Å². The van der Waals surface area contributed by atoms with Crippen LogP contribution in [0.25, 0.3) is 0 Å². The lowest BCUT2D eigenvalue weighted by molar-refractivity contribution is 0.202. The Morgan fingerprint density at radius 3 is 2.27 bits per heavy atom. The fourth-order valence-electron chi connectivity index (χ4n) is 0.979. The predicted molar refractivity (Wildman–Crippen MR) is 49.5 cm³/mol. The Bertz CT molecular complexity index is 125. The van der Waals surface area contributed by atoms with Crippen LogP contribution in [0, 0.1) is 5.41 Å². The minimum absolute atomic E-state index is 0.272. The molecule has 0 aromatic carbocycles. The summed E-state index contributed by atoms with van der Waals surface area (Å²) in [6.45, 7) is 10.6. The fourth-order valence-corrected chi connectivity index (χ4v) is 0.979. The van der Waals surface area contributed by atoms with Gasteiger partial charge in [0, 0.05) is 6.61 Å². The van der Waals surface area contributed by atoms with E-state index in [1.165, 1.54) is 5.57 Å². The van der Waals surface area contributed by atoms with Crippen LogP contribution < -0.4 is 0 Å². The molecule has 66 valence electrons. The van der Waals surface area contributed by atoms with E-state index in [0.717, 1.165) is 19.3 Å². The Morgan fingerprint density at radius 1 is 1.36 bits per heavy atom. The molecule has 0 aliphatic carbocycles. The second kappa shape index (κ2) is 4.55. The van der Waals surface area contributed by atoms with Gasteiger partial charge >= 0.3 is 0 Å². The molecule has 1 nitrogen and oxygen atoms in total. The van der Waals surface area contributed by atoms with Gasteiger partial charge in [-0.2, -0.15) is 0 Å². The van der Waals surface area contributed by atoms with E-state index in [1.54, 1.807) is 0 Å². The molecule has 0 aromatic rings. The lowest BCUT2D eigenvalue weighted by Crippen LogP contribution is -2.13. The van der Waals surface area contributed by atoms with E-state index in [2.05, 4.69) is 27.4 Å². The first kappa shape index (κ1) is 10.7. The Balaban J connectivity index is 3.63. The van der Waals surface area contributed by atoms with Crippen molar-refractivity contribution in [3.8, 4) is 0 Å². The van der Waals surface area contributed by atoms with Crippen molar-refractivity contribution in [3.63, 3.8) is 0 Å². The summed E-state index contributed by atoms with van der Waals surface area (Å²) in [5, 5.41) is 8.74. The van der Waals surface area contributed by atoms with Crippen LogP contribution in [0.1, 0.15) is 40.0 Å². The van der Waals surface area contributed by atoms with Crippen molar-refractivity contribution in [3.05, 3.63) is 12.2 Å². The van der Waals surface area contributed by atoms with Crippen molar-refractivity contribution in [1.29, 1.82) is 0 Å². The number of allylic oxidation sites excluding steroid dienone is 1. The van der Waals surface area contributed by atoms with Gasteiger partial charge in [-0.3, -0.25) is 0 Å². The first-order valence-electron chi connectivity index (χ1n) is 4.23. The highest BCUT2D eigenvalue weighted by Gasteiger charge is 2.15. The number of hydrogen-bond donors (Lipinski definition) is 1. The van der Waals surface area contributed by atoms with Crippen LogP contribution in [-0.2, 0) is 0 Å². The Hall–Kier alpha value is -0.300. The molecular formula is C10H20O. The van der Waals surface area contributed by atoms with Crippen LogP contribution in [0.4, 0.5) is 0 Å². The molecule has 0 aliphatic rings. The molecule has 0 spiro atoms. The third kappa shape index (κ3) is 6.11. The van der Waals surface area contributed by atoms with Gasteiger partial charge in [0.05, 0.1) is 0 Å². The van der Waals surface area contributed by atoms with Gasteiger partial charge in [0.25, 0.3) is 0 Å². The highest BCUT2D eigenvalue weighted by molar-refractivity contribution is 4.89. The van der Waals surface area contributed by atoms with Crippen LogP contribution in [0.15, 0.2) is 12.2 Å². The molecule has 0 radical (unpaired) electrons. The molecule has 0 atom stereocenters. The molecule has 1 heteroatoms. The van der Waals surface area contributed by atoms with Crippen molar-refractivity contribution < 1.29 is 5.11 Å². The molecule has 11 heavy (non-hydrogen) atoms. The van der Waals surface area contributed by atoms with Crippen LogP contribution in [0.3, 0.4) is 0 Å². The highest BCUT2D eigenvalue weighted by atomic mass is 16.3. The van der Waals surface area contributed by atoms with E-state index in [-0.39, 0.29) is 5.41 Å². The first-order chi connectivity index (χ1) is 4.98. The minimum Gasteiger partial charge on any atom is -0.396 e. The summed E-state index contributed by atoms with van der Waals surface area (Å²) < 4.78 is 0. The van der Waals surface area contributed by atoms with Gasteiger partial charge in [-0.25, -0.2) is 0 Å². The SMILES string of the molecule is C=C(C)CCC(C)(C)CCO. The van der Waals surface area contributed by atoms with Crippen molar-refractivity contribution in [1.82, 2.24) is 0 Å². The summed E-state index contributed by atoms with van der Waals surface area (Å²) in [5.41, 5.74) is 1.50. The summed E-state index contributed by atoms with van der Waals surface area (Å²) >= 11 is 0. The Labute approximate surface area is 70.1 Å². The minimum atomic E-state index is 0.272. The molecule has 0 saturated heterocycles. The fraction of sp³-hybridized carbons (Fsp3) is 0.800. The molecule has 0 heterocycles. The lowest BCUT2D eigenvalue weighted by Gasteiger charge is -2.23. The molecule has 0 rings (SSSR count). The smallest absolute Gasteiger partial charge is 0.0436 e. The maximum atomic E-state index is 8.74. The molecule has 0 aliphatic heterocycles. The topological polar surface area (TPSA) is 20.2 Å². The number of aliphatic hydroxyl groups is 1. The maximum absolute atomic E-state index is 8.74. The molecule has 0 amide bonds. The molecular weight excluding hydrogens is 136 g/mol. The van der Waals surface area contributed by atoms with Crippen LogP contribution in [-0.4, -0.2) is 11.7 Å². The van der Waals surface area contributed by atoms with E-state index in [9.17, 15) is 0 Å². The monoisotopic (exact) mass is 156 g/mol. The number of rotatable bonds is 5. The third-order valence-corrected chi connectivity index (χ3v) is 2.02. The number of aliphatic hydroxyl groups excluding tert-OH is 1. The summed E-state index contributed by atoms with van der Waals surface area (Å²) in [7, 11) is 0. The van der Waals surface area contributed by atoms with Gasteiger partial charge < -0.3 is 5.11 Å². The molecule has 0 saturated carbocycles. The predicted octanol–water partition coefficient (Wildman–Crippen LogP) is 2.75. The molecule has 0 bridgehead atoms. The van der Waals surface area contributed by atoms with Crippen LogP contribution >= 0.6 is 0 Å². The van der Waals surface area contributed by atoms with E-state index < -0.39 is 0 Å². The zero-order chi connectivity index (χ0) is 8.91.